The molecule has 9 nitrogen and oxygen atoms in total. The van der Waals surface area contributed by atoms with Gasteiger partial charge >= 0.3 is 5.97 Å². The van der Waals surface area contributed by atoms with Gasteiger partial charge in [0.1, 0.15) is 19.3 Å². The van der Waals surface area contributed by atoms with Gasteiger partial charge in [-0.2, -0.15) is 0 Å². The van der Waals surface area contributed by atoms with Gasteiger partial charge in [0, 0.05) is 12.8 Å². The zero-order chi connectivity index (χ0) is 50.1. The Morgan fingerprint density at radius 1 is 0.515 bits per heavy atom. The van der Waals surface area contributed by atoms with Crippen molar-refractivity contribution in [1.29, 1.82) is 0 Å². The molecular weight excluding hydrogens is 868 g/mol. The standard InChI is InChI=1S/C58H109N2O7P/c1-7-10-13-16-19-22-25-27-28-29-30-31-32-33-36-38-41-44-47-50-57(61)59-55(54-66-68(63,64)65-53-52-60(4,5)6)56(49-46-43-40-37-35-26-23-20-17-14-11-8-2)67-58(62)51-48-45-42-39-34-24-21-18-15-12-9-3/h18-19,21-22,27-28,46,49,55-56H,7-17,20,23-26,29-45,47-48,50-54H2,1-6H3,(H-,59,61,63,64)/b21-18-,22-19-,28-27-,49-46-. The molecule has 0 aromatic heterocycles. The Labute approximate surface area is 420 Å². The fourth-order valence-corrected chi connectivity index (χ4v) is 8.73. The maximum absolute atomic E-state index is 13.5. The molecule has 10 heteroatoms. The van der Waals surface area contributed by atoms with E-state index in [2.05, 4.69) is 62.5 Å². The Balaban J connectivity index is 5.29. The highest BCUT2D eigenvalue weighted by Gasteiger charge is 2.27. The predicted molar refractivity (Wildman–Crippen MR) is 289 cm³/mol. The number of carbonyl (C=O) groups excluding carboxylic acids is 2. The first-order chi connectivity index (χ1) is 32.9. The van der Waals surface area contributed by atoms with Crippen LogP contribution in [0.25, 0.3) is 0 Å². The van der Waals surface area contributed by atoms with E-state index in [9.17, 15) is 19.0 Å². The molecule has 0 aromatic carbocycles. The largest absolute Gasteiger partial charge is 0.756 e. The molecule has 0 heterocycles. The first-order valence-electron chi connectivity index (χ1n) is 28.4. The highest BCUT2D eigenvalue weighted by Crippen LogP contribution is 2.38. The van der Waals surface area contributed by atoms with Gasteiger partial charge in [-0.3, -0.25) is 14.2 Å². The quantitative estimate of drug-likeness (QED) is 0.0212. The molecule has 68 heavy (non-hydrogen) atoms. The molecule has 0 aliphatic carbocycles. The number of nitrogens with one attached hydrogen (secondary N) is 1. The molecule has 1 amide bonds. The number of likely N-dealkylation sites (N-methyl/N-ethyl adjacent to an activating group) is 1. The van der Waals surface area contributed by atoms with Gasteiger partial charge in [0.2, 0.25) is 5.91 Å². The van der Waals surface area contributed by atoms with Gasteiger partial charge in [-0.05, 0) is 83.1 Å². The minimum absolute atomic E-state index is 0.0245. The van der Waals surface area contributed by atoms with Crippen LogP contribution >= 0.6 is 7.82 Å². The van der Waals surface area contributed by atoms with Gasteiger partial charge in [-0.25, -0.2) is 0 Å². The third kappa shape index (κ3) is 49.0. The number of rotatable bonds is 51. The van der Waals surface area contributed by atoms with Crippen LogP contribution in [0.5, 0.6) is 0 Å². The molecule has 0 fully saturated rings. The second kappa shape index (κ2) is 48.6. The van der Waals surface area contributed by atoms with Crippen LogP contribution in [0.4, 0.5) is 0 Å². The van der Waals surface area contributed by atoms with E-state index in [4.69, 9.17) is 13.8 Å². The Morgan fingerprint density at radius 3 is 1.41 bits per heavy atom. The molecule has 0 saturated carbocycles. The van der Waals surface area contributed by atoms with Crippen LogP contribution in [0.2, 0.25) is 0 Å². The van der Waals surface area contributed by atoms with Crippen LogP contribution < -0.4 is 10.2 Å². The van der Waals surface area contributed by atoms with Gasteiger partial charge in [-0.15, -0.1) is 0 Å². The molecular formula is C58H109N2O7P. The van der Waals surface area contributed by atoms with Crippen molar-refractivity contribution in [1.82, 2.24) is 5.32 Å². The molecule has 0 saturated heterocycles. The smallest absolute Gasteiger partial charge is 0.306 e. The van der Waals surface area contributed by atoms with Gasteiger partial charge in [0.15, 0.2) is 0 Å². The summed E-state index contributed by atoms with van der Waals surface area (Å²) in [5.41, 5.74) is 0. The second-order valence-electron chi connectivity index (χ2n) is 20.4. The van der Waals surface area contributed by atoms with Crippen molar-refractivity contribution >= 4 is 19.7 Å². The van der Waals surface area contributed by atoms with Gasteiger partial charge < -0.3 is 28.5 Å². The van der Waals surface area contributed by atoms with Crippen LogP contribution in [0, 0.1) is 0 Å². The van der Waals surface area contributed by atoms with Crippen LogP contribution in [0.1, 0.15) is 258 Å². The summed E-state index contributed by atoms with van der Waals surface area (Å²) in [6.45, 7) is 6.77. The van der Waals surface area contributed by atoms with E-state index in [0.717, 1.165) is 103 Å². The summed E-state index contributed by atoms with van der Waals surface area (Å²) >= 11 is 0. The van der Waals surface area contributed by atoms with Crippen LogP contribution in [-0.4, -0.2) is 69.4 Å². The summed E-state index contributed by atoms with van der Waals surface area (Å²) < 4.78 is 30.2. The third-order valence-corrected chi connectivity index (χ3v) is 13.4. The number of quaternary nitrogens is 1. The number of esters is 1. The molecule has 1 N–H and O–H groups in total. The first kappa shape index (κ1) is 66.0. The van der Waals surface area contributed by atoms with E-state index in [1.807, 2.05) is 33.3 Å². The van der Waals surface area contributed by atoms with E-state index in [1.165, 1.54) is 122 Å². The lowest BCUT2D eigenvalue weighted by Crippen LogP contribution is -2.47. The molecule has 3 atom stereocenters. The number of unbranched alkanes of at least 4 members (excludes halogenated alkanes) is 29. The Bertz CT molecular complexity index is 1310. The van der Waals surface area contributed by atoms with E-state index < -0.39 is 26.6 Å². The first-order valence-corrected chi connectivity index (χ1v) is 29.9. The summed E-state index contributed by atoms with van der Waals surface area (Å²) in [6, 6.07) is -0.891. The average molecular weight is 977 g/mol. The molecule has 0 spiro atoms. The third-order valence-electron chi connectivity index (χ3n) is 12.5. The van der Waals surface area contributed by atoms with E-state index in [-0.39, 0.29) is 24.9 Å². The minimum Gasteiger partial charge on any atom is -0.756 e. The highest BCUT2D eigenvalue weighted by molar-refractivity contribution is 7.45. The van der Waals surface area contributed by atoms with Gasteiger partial charge in [0.05, 0.1) is 33.8 Å². The lowest BCUT2D eigenvalue weighted by molar-refractivity contribution is -0.870. The van der Waals surface area contributed by atoms with Crippen molar-refractivity contribution in [2.45, 2.75) is 270 Å². The minimum atomic E-state index is -4.69. The Kier molecular flexibility index (Phi) is 47.1. The lowest BCUT2D eigenvalue weighted by atomic mass is 10.0. The summed E-state index contributed by atoms with van der Waals surface area (Å²) in [7, 11) is 1.18. The Hall–Kier alpha value is -2.03. The van der Waals surface area contributed by atoms with Crippen molar-refractivity contribution in [2.75, 3.05) is 40.9 Å². The molecule has 3 unspecified atom stereocenters. The lowest BCUT2D eigenvalue weighted by Gasteiger charge is -2.30. The number of carbonyl (C=O) groups is 2. The highest BCUT2D eigenvalue weighted by atomic mass is 31.2. The Morgan fingerprint density at radius 2 is 0.912 bits per heavy atom. The fourth-order valence-electron chi connectivity index (χ4n) is 8.00. The molecule has 0 aromatic rings. The number of phosphoric ester groups is 1. The molecule has 398 valence electrons. The molecule has 0 radical (unpaired) electrons. The SMILES string of the molecule is CCCC/C=C\CCCCCCCC(=O)OC(/C=C\CCCCCCCCCCCC)C(COP(=O)([O-])OCC[N+](C)(C)C)NC(=O)CCCCCCCCCCC/C=C\C/C=C\CCCCC. The van der Waals surface area contributed by atoms with Gasteiger partial charge in [-0.1, -0.05) is 211 Å². The number of nitrogens with zero attached hydrogens (tertiary/aromatic N) is 1. The van der Waals surface area contributed by atoms with Crippen molar-refractivity contribution in [2.24, 2.45) is 0 Å². The summed E-state index contributed by atoms with van der Waals surface area (Å²) in [5.74, 6) is -0.554. The molecule has 0 bridgehead atoms. The topological polar surface area (TPSA) is 114 Å². The summed E-state index contributed by atoms with van der Waals surface area (Å²) in [5, 5.41) is 3.01. The van der Waals surface area contributed by atoms with E-state index in [0.29, 0.717) is 17.4 Å². The van der Waals surface area contributed by atoms with Crippen molar-refractivity contribution in [3.8, 4) is 0 Å². The van der Waals surface area contributed by atoms with Crippen LogP contribution in [0.3, 0.4) is 0 Å². The number of hydrogen-bond donors (Lipinski definition) is 1. The molecule has 0 aliphatic heterocycles. The maximum Gasteiger partial charge on any atom is 0.306 e. The fraction of sp³-hybridized carbons (Fsp3) is 0.828. The number of amides is 1. The monoisotopic (exact) mass is 977 g/mol. The average Bonchev–Trinajstić information content (AvgIpc) is 3.29. The molecule has 0 aliphatic rings. The zero-order valence-corrected chi connectivity index (χ0v) is 46.2. The summed E-state index contributed by atoms with van der Waals surface area (Å²) in [6.07, 6.45) is 57.8. The van der Waals surface area contributed by atoms with Crippen molar-refractivity contribution < 1.29 is 37.3 Å². The van der Waals surface area contributed by atoms with Crippen molar-refractivity contribution in [3.63, 3.8) is 0 Å². The molecule has 0 rings (SSSR count). The van der Waals surface area contributed by atoms with Crippen LogP contribution in [-0.2, 0) is 27.9 Å². The van der Waals surface area contributed by atoms with Gasteiger partial charge in [0.25, 0.3) is 7.82 Å². The number of allylic oxidation sites excluding steroid dienone is 7. The predicted octanol–water partition coefficient (Wildman–Crippen LogP) is 16.3. The van der Waals surface area contributed by atoms with E-state index in [1.54, 1.807) is 0 Å². The summed E-state index contributed by atoms with van der Waals surface area (Å²) in [4.78, 5) is 39.8. The maximum atomic E-state index is 13.5. The normalized spacial score (nSPS) is 14.2. The van der Waals surface area contributed by atoms with Crippen LogP contribution in [0.15, 0.2) is 48.6 Å². The number of ether oxygens (including phenoxy) is 1. The van der Waals surface area contributed by atoms with E-state index >= 15 is 0 Å². The zero-order valence-electron chi connectivity index (χ0n) is 45.3. The van der Waals surface area contributed by atoms with Crippen molar-refractivity contribution in [3.05, 3.63) is 48.6 Å². The number of phosphoric acid groups is 1. The second-order valence-corrected chi connectivity index (χ2v) is 21.8. The number of hydrogen-bond acceptors (Lipinski definition) is 7.